The van der Waals surface area contributed by atoms with Crippen molar-refractivity contribution in [3.05, 3.63) is 92.9 Å². The van der Waals surface area contributed by atoms with E-state index < -0.39 is 12.2 Å². The number of nitrogens with one attached hydrogen (secondary N) is 1. The third-order valence-corrected chi connectivity index (χ3v) is 6.42. The second kappa shape index (κ2) is 13.6. The fourth-order valence-electron chi connectivity index (χ4n) is 3.46. The summed E-state index contributed by atoms with van der Waals surface area (Å²) in [5.41, 5.74) is 3.67. The van der Waals surface area contributed by atoms with Gasteiger partial charge in [-0.3, -0.25) is 11.6 Å². The summed E-state index contributed by atoms with van der Waals surface area (Å²) in [6.07, 6.45) is 1.07. The van der Waals surface area contributed by atoms with E-state index in [1.165, 1.54) is 11.5 Å². The van der Waals surface area contributed by atoms with Crippen molar-refractivity contribution < 1.29 is 49.4 Å². The van der Waals surface area contributed by atoms with Gasteiger partial charge < -0.3 is 15.0 Å². The smallest absolute Gasteiger partial charge is 0.870 e. The third-order valence-electron chi connectivity index (χ3n) is 5.22. The van der Waals surface area contributed by atoms with E-state index in [9.17, 15) is 9.59 Å². The Kier molecular flexibility index (Phi) is 11.1. The van der Waals surface area contributed by atoms with E-state index in [-0.39, 0.29) is 41.5 Å². The van der Waals surface area contributed by atoms with Gasteiger partial charge in [-0.05, 0) is 60.3 Å². The normalized spacial score (nSPS) is 10.8. The molecule has 0 bridgehead atoms. The molecular formula is C27H21ClN2NaO4S-. The van der Waals surface area contributed by atoms with E-state index in [0.717, 1.165) is 27.5 Å². The molecule has 4 aromatic rings. The standard InChI is InChI=1S/C27H20ClN2O3S.Na.H2O/c1-17-26(29-27(32)33-18(2)23-5-3-4-6-24(23)28)25(34-30-17)12-9-19-7-10-22-16-20(13-14-31)8-11-21(22)15-19;;/h3-8,10-11,15-16,18H,13H2,1-2H3,(H,29,32);;1H2/q-1;+1;/p-1/t18-;;/m1../s1. The number of nitrogens with zero attached hydrogens (tertiary/aromatic N) is 1. The molecule has 1 atom stereocenters. The maximum absolute atomic E-state index is 12.5. The van der Waals surface area contributed by atoms with E-state index >= 15 is 0 Å². The number of hydrogen-bond acceptors (Lipinski definition) is 6. The average Bonchev–Trinajstić information content (AvgIpc) is 3.17. The van der Waals surface area contributed by atoms with Crippen LogP contribution in [-0.4, -0.2) is 22.2 Å². The number of carbonyl (C=O) groups is 1. The number of halogens is 1. The Bertz CT molecular complexity index is 1440. The van der Waals surface area contributed by atoms with Crippen molar-refractivity contribution in [1.29, 1.82) is 0 Å². The van der Waals surface area contributed by atoms with Crippen LogP contribution in [0.15, 0.2) is 60.7 Å². The molecule has 0 aliphatic carbocycles. The first-order valence-corrected chi connectivity index (χ1v) is 11.7. The monoisotopic (exact) mass is 527 g/mol. The predicted molar refractivity (Wildman–Crippen MR) is 138 cm³/mol. The van der Waals surface area contributed by atoms with Gasteiger partial charge in [0.05, 0.1) is 11.4 Å². The number of benzene rings is 3. The molecule has 178 valence electrons. The van der Waals surface area contributed by atoms with Crippen molar-refractivity contribution in [2.24, 2.45) is 0 Å². The number of fused-ring (bicyclic) bond motifs is 1. The first-order valence-electron chi connectivity index (χ1n) is 10.5. The number of aromatic nitrogens is 1. The Morgan fingerprint density at radius 1 is 1.14 bits per heavy atom. The van der Waals surface area contributed by atoms with Crippen LogP contribution in [0.2, 0.25) is 5.02 Å². The van der Waals surface area contributed by atoms with Crippen LogP contribution in [-0.2, 0) is 16.0 Å². The summed E-state index contributed by atoms with van der Waals surface area (Å²) in [7, 11) is 0. The van der Waals surface area contributed by atoms with Crippen molar-refractivity contribution in [3.8, 4) is 11.8 Å². The molecule has 1 aromatic heterocycles. The molecule has 2 N–H and O–H groups in total. The minimum atomic E-state index is -0.604. The Morgan fingerprint density at radius 2 is 1.86 bits per heavy atom. The molecule has 0 unspecified atom stereocenters. The number of carbonyl (C=O) groups excluding carboxylic acids is 2. The fourth-order valence-corrected chi connectivity index (χ4v) is 4.45. The molecule has 0 radical (unpaired) electrons. The average molecular weight is 528 g/mol. The predicted octanol–water partition coefficient (Wildman–Crippen LogP) is 3.45. The van der Waals surface area contributed by atoms with Crippen LogP contribution in [0.5, 0.6) is 0 Å². The first-order chi connectivity index (χ1) is 16.4. The van der Waals surface area contributed by atoms with Crippen LogP contribution in [0.3, 0.4) is 0 Å². The number of rotatable bonds is 5. The van der Waals surface area contributed by atoms with Crippen LogP contribution in [0.4, 0.5) is 10.5 Å². The number of ether oxygens (including phenoxy) is 1. The van der Waals surface area contributed by atoms with E-state index in [1.807, 2.05) is 60.9 Å². The molecule has 1 amide bonds. The molecule has 0 spiro atoms. The summed E-state index contributed by atoms with van der Waals surface area (Å²) in [4.78, 5) is 23.8. The summed E-state index contributed by atoms with van der Waals surface area (Å²) < 4.78 is 9.84. The van der Waals surface area contributed by atoms with Gasteiger partial charge in [0.25, 0.3) is 0 Å². The van der Waals surface area contributed by atoms with Gasteiger partial charge in [-0.2, -0.15) is 4.37 Å². The largest absolute Gasteiger partial charge is 1.00 e. The number of aryl methyl sites for hydroxylation is 1. The maximum atomic E-state index is 12.5. The Labute approximate surface area is 240 Å². The minimum Gasteiger partial charge on any atom is -0.870 e. The molecular weight excluding hydrogens is 507 g/mol. The van der Waals surface area contributed by atoms with Crippen molar-refractivity contribution in [2.45, 2.75) is 26.4 Å². The first kappa shape index (κ1) is 29.5. The van der Waals surface area contributed by atoms with E-state index in [1.54, 1.807) is 19.9 Å². The van der Waals surface area contributed by atoms with Gasteiger partial charge in [-0.25, -0.2) is 4.79 Å². The molecule has 0 aliphatic rings. The Morgan fingerprint density at radius 3 is 2.61 bits per heavy atom. The number of amides is 1. The van der Waals surface area contributed by atoms with Crippen molar-refractivity contribution in [1.82, 2.24) is 4.37 Å². The van der Waals surface area contributed by atoms with E-state index in [0.29, 0.717) is 21.3 Å². The maximum Gasteiger partial charge on any atom is 1.00 e. The van der Waals surface area contributed by atoms with Gasteiger partial charge >= 0.3 is 35.7 Å². The van der Waals surface area contributed by atoms with Gasteiger partial charge in [0, 0.05) is 16.1 Å². The Hall–Kier alpha value is -2.70. The number of anilines is 1. The summed E-state index contributed by atoms with van der Waals surface area (Å²) in [6, 6.07) is 19.0. The molecule has 4 rings (SSSR count). The van der Waals surface area contributed by atoms with E-state index in [2.05, 4.69) is 21.5 Å². The molecule has 36 heavy (non-hydrogen) atoms. The van der Waals surface area contributed by atoms with Gasteiger partial charge in [-0.1, -0.05) is 65.5 Å². The molecule has 0 saturated carbocycles. The van der Waals surface area contributed by atoms with Crippen LogP contribution in [0.25, 0.3) is 10.8 Å². The van der Waals surface area contributed by atoms with Crippen molar-refractivity contribution in [2.75, 3.05) is 5.32 Å². The Balaban J connectivity index is 0.00000228. The molecule has 9 heteroatoms. The second-order valence-corrected chi connectivity index (χ2v) is 8.81. The summed E-state index contributed by atoms with van der Waals surface area (Å²) in [5, 5.41) is 5.37. The van der Waals surface area contributed by atoms with Gasteiger partial charge in [-0.15, -0.1) is 6.42 Å². The zero-order chi connectivity index (χ0) is 24.1. The summed E-state index contributed by atoms with van der Waals surface area (Å²) >= 11 is 7.41. The zero-order valence-corrected chi connectivity index (χ0v) is 23.5. The van der Waals surface area contributed by atoms with Crippen molar-refractivity contribution in [3.63, 3.8) is 0 Å². The zero-order valence-electron chi connectivity index (χ0n) is 20.0. The molecule has 0 aliphatic heterocycles. The fraction of sp³-hybridized carbons (Fsp3) is 0.148. The SMILES string of the molecule is Cc1nsc(C#Cc2ccc3cc(C[C-]=O)ccc3c2)c1NC(=O)O[C@H](C)c1ccccc1Cl.[Na+].[OH-]. The molecule has 0 saturated heterocycles. The molecule has 3 aromatic carbocycles. The molecule has 1 heterocycles. The number of hydrogen-bond donors (Lipinski definition) is 1. The van der Waals surface area contributed by atoms with Crippen LogP contribution >= 0.6 is 23.1 Å². The van der Waals surface area contributed by atoms with Gasteiger partial charge in [0.15, 0.2) is 0 Å². The topological polar surface area (TPSA) is 98.3 Å². The van der Waals surface area contributed by atoms with Gasteiger partial charge in [0.2, 0.25) is 0 Å². The second-order valence-electron chi connectivity index (χ2n) is 7.63. The summed E-state index contributed by atoms with van der Waals surface area (Å²) in [6.45, 7) is 3.57. The van der Waals surface area contributed by atoms with Crippen LogP contribution in [0.1, 0.15) is 40.3 Å². The molecule has 6 nitrogen and oxygen atoms in total. The quantitative estimate of drug-likeness (QED) is 0.243. The van der Waals surface area contributed by atoms with Gasteiger partial charge in [0.1, 0.15) is 11.0 Å². The third kappa shape index (κ3) is 7.17. The minimum absolute atomic E-state index is 0. The molecule has 0 fully saturated rings. The summed E-state index contributed by atoms with van der Waals surface area (Å²) in [5.74, 6) is 6.25. The van der Waals surface area contributed by atoms with Crippen molar-refractivity contribution >= 4 is 52.0 Å². The van der Waals surface area contributed by atoms with Crippen LogP contribution in [0, 0.1) is 18.8 Å². The van der Waals surface area contributed by atoms with Crippen LogP contribution < -0.4 is 34.9 Å². The van der Waals surface area contributed by atoms with E-state index in [4.69, 9.17) is 16.3 Å².